The molecule has 0 aliphatic carbocycles. The molecule has 0 fully saturated rings. The highest BCUT2D eigenvalue weighted by Gasteiger charge is 2.22. The molecular formula is C19H25N2O3+. The predicted molar refractivity (Wildman–Crippen MR) is 93.1 cm³/mol. The molecule has 0 amide bonds. The summed E-state index contributed by atoms with van der Waals surface area (Å²) >= 11 is 0. The topological polar surface area (TPSA) is 63.6 Å². The number of hydrogen-bond acceptors (Lipinski definition) is 3. The number of H-pyrrole nitrogens is 1. The van der Waals surface area contributed by atoms with Crippen LogP contribution in [0.25, 0.3) is 0 Å². The number of carbonyl (C=O) groups is 2. The second kappa shape index (κ2) is 7.45. The largest absolute Gasteiger partial charge is 0.497 e. The lowest BCUT2D eigenvalue weighted by Gasteiger charge is -2.13. The number of quaternary nitrogens is 1. The van der Waals surface area contributed by atoms with Gasteiger partial charge < -0.3 is 14.6 Å². The van der Waals surface area contributed by atoms with E-state index < -0.39 is 0 Å². The molecule has 5 nitrogen and oxygen atoms in total. The Morgan fingerprint density at radius 1 is 1.25 bits per heavy atom. The predicted octanol–water partition coefficient (Wildman–Crippen LogP) is 1.74. The minimum atomic E-state index is -0.0163. The van der Waals surface area contributed by atoms with E-state index in [4.69, 9.17) is 4.74 Å². The average molecular weight is 329 g/mol. The first-order valence-corrected chi connectivity index (χ1v) is 8.01. The quantitative estimate of drug-likeness (QED) is 0.761. The second-order valence-corrected chi connectivity index (χ2v) is 6.27. The molecule has 1 aromatic carbocycles. The minimum absolute atomic E-state index is 0.0163. The molecule has 0 aliphatic rings. The summed E-state index contributed by atoms with van der Waals surface area (Å²) in [6, 6.07) is 7.85. The van der Waals surface area contributed by atoms with Crippen molar-refractivity contribution in [2.24, 2.45) is 0 Å². The third-order valence-corrected chi connectivity index (χ3v) is 4.17. The highest BCUT2D eigenvalue weighted by molar-refractivity contribution is 6.03. The van der Waals surface area contributed by atoms with Gasteiger partial charge in [-0.25, -0.2) is 0 Å². The van der Waals surface area contributed by atoms with Crippen LogP contribution in [0.3, 0.4) is 0 Å². The monoisotopic (exact) mass is 329 g/mol. The molecule has 2 rings (SSSR count). The Morgan fingerprint density at radius 2 is 1.96 bits per heavy atom. The van der Waals surface area contributed by atoms with Crippen LogP contribution >= 0.6 is 0 Å². The summed E-state index contributed by atoms with van der Waals surface area (Å²) in [5.74, 6) is 0.814. The number of likely N-dealkylation sites (N-methyl/N-ethyl adjacent to an activating group) is 1. The molecule has 0 saturated heterocycles. The Balaban J connectivity index is 2.09. The van der Waals surface area contributed by atoms with E-state index in [2.05, 4.69) is 4.98 Å². The Morgan fingerprint density at radius 3 is 2.54 bits per heavy atom. The molecule has 1 atom stereocenters. The van der Waals surface area contributed by atoms with Crippen molar-refractivity contribution in [3.05, 3.63) is 52.3 Å². The first-order chi connectivity index (χ1) is 11.3. The lowest BCUT2D eigenvalue weighted by molar-refractivity contribution is -0.884. The Kier molecular flexibility index (Phi) is 5.57. The lowest BCUT2D eigenvalue weighted by Crippen LogP contribution is -3.08. The van der Waals surface area contributed by atoms with E-state index in [9.17, 15) is 9.59 Å². The molecule has 1 aromatic heterocycles. The van der Waals surface area contributed by atoms with Gasteiger partial charge >= 0.3 is 0 Å². The van der Waals surface area contributed by atoms with Crippen LogP contribution < -0.4 is 9.64 Å². The number of rotatable bonds is 7. The Bertz CT molecular complexity index is 762. The first kappa shape index (κ1) is 17.9. The fraction of sp³-hybridized carbons (Fsp3) is 0.368. The molecule has 0 spiro atoms. The van der Waals surface area contributed by atoms with Gasteiger partial charge in [-0.15, -0.1) is 0 Å². The zero-order valence-corrected chi connectivity index (χ0v) is 14.9. The number of hydrogen-bond donors (Lipinski definition) is 2. The molecule has 2 N–H and O–H groups in total. The Hall–Kier alpha value is -2.40. The molecule has 0 aliphatic heterocycles. The summed E-state index contributed by atoms with van der Waals surface area (Å²) in [5.41, 5.74) is 3.79. The molecule has 1 unspecified atom stereocenters. The molecule has 0 bridgehead atoms. The van der Waals surface area contributed by atoms with Crippen molar-refractivity contribution < 1.29 is 19.2 Å². The number of ether oxygens (including phenoxy) is 1. The van der Waals surface area contributed by atoms with Crippen LogP contribution in [0, 0.1) is 13.8 Å². The second-order valence-electron chi connectivity index (χ2n) is 6.27. The highest BCUT2D eigenvalue weighted by Crippen LogP contribution is 2.18. The number of nitrogens with one attached hydrogen (secondary N) is 2. The van der Waals surface area contributed by atoms with E-state index in [1.54, 1.807) is 7.11 Å². The standard InChI is InChI=1S/C19H24N2O3/c1-12-18(14(3)22)13(2)20-19(12)17(23)11-21(4)10-15-7-6-8-16(9-15)24-5/h6-9,20H,10-11H2,1-5H3/p+1. The number of aromatic nitrogens is 1. The number of aromatic amines is 1. The van der Waals surface area contributed by atoms with Gasteiger partial charge in [0.25, 0.3) is 0 Å². The van der Waals surface area contributed by atoms with Crippen LogP contribution in [0.1, 0.15) is 44.6 Å². The number of ketones is 2. The third-order valence-electron chi connectivity index (χ3n) is 4.17. The highest BCUT2D eigenvalue weighted by atomic mass is 16.5. The molecule has 5 heteroatoms. The normalized spacial score (nSPS) is 12.0. The summed E-state index contributed by atoms with van der Waals surface area (Å²) in [5, 5.41) is 0. The van der Waals surface area contributed by atoms with Crippen molar-refractivity contribution in [1.29, 1.82) is 0 Å². The molecule has 2 aromatic rings. The Labute approximate surface area is 142 Å². The lowest BCUT2D eigenvalue weighted by atomic mass is 10.1. The zero-order chi connectivity index (χ0) is 17.9. The summed E-state index contributed by atoms with van der Waals surface area (Å²) < 4.78 is 5.23. The average Bonchev–Trinajstić information content (AvgIpc) is 2.82. The SMILES string of the molecule is COc1cccc(C[NH+](C)CC(=O)c2[nH]c(C)c(C(C)=O)c2C)c1. The number of aryl methyl sites for hydroxylation is 1. The molecule has 24 heavy (non-hydrogen) atoms. The van der Waals surface area contributed by atoms with Gasteiger partial charge in [-0.3, -0.25) is 9.59 Å². The van der Waals surface area contributed by atoms with Gasteiger partial charge in [0, 0.05) is 16.8 Å². The number of methoxy groups -OCH3 is 1. The van der Waals surface area contributed by atoms with E-state index in [0.29, 0.717) is 17.8 Å². The maximum absolute atomic E-state index is 12.6. The van der Waals surface area contributed by atoms with Crippen molar-refractivity contribution >= 4 is 11.6 Å². The van der Waals surface area contributed by atoms with Crippen LogP contribution in [0.4, 0.5) is 0 Å². The van der Waals surface area contributed by atoms with Gasteiger partial charge in [0.15, 0.2) is 5.78 Å². The maximum atomic E-state index is 12.6. The van der Waals surface area contributed by atoms with E-state index in [0.717, 1.165) is 34.0 Å². The van der Waals surface area contributed by atoms with Gasteiger partial charge in [0.05, 0.1) is 19.9 Å². The molecular weight excluding hydrogens is 304 g/mol. The van der Waals surface area contributed by atoms with Crippen molar-refractivity contribution in [3.8, 4) is 5.75 Å². The van der Waals surface area contributed by atoms with Crippen LogP contribution in [0.15, 0.2) is 24.3 Å². The third kappa shape index (κ3) is 3.92. The molecule has 128 valence electrons. The van der Waals surface area contributed by atoms with Gasteiger partial charge in [-0.1, -0.05) is 12.1 Å². The summed E-state index contributed by atoms with van der Waals surface area (Å²) in [6.07, 6.45) is 0. The van der Waals surface area contributed by atoms with Crippen molar-refractivity contribution in [1.82, 2.24) is 4.98 Å². The maximum Gasteiger partial charge on any atom is 0.233 e. The van der Waals surface area contributed by atoms with Crippen LogP contribution in [-0.4, -0.2) is 37.3 Å². The molecule has 0 radical (unpaired) electrons. The van der Waals surface area contributed by atoms with Crippen LogP contribution in [0.5, 0.6) is 5.75 Å². The smallest absolute Gasteiger partial charge is 0.233 e. The first-order valence-electron chi connectivity index (χ1n) is 8.01. The van der Waals surface area contributed by atoms with E-state index >= 15 is 0 Å². The van der Waals surface area contributed by atoms with Gasteiger partial charge in [0.2, 0.25) is 5.78 Å². The van der Waals surface area contributed by atoms with E-state index in [1.807, 2.05) is 45.2 Å². The summed E-state index contributed by atoms with van der Waals surface area (Å²) in [6.45, 7) is 6.26. The summed E-state index contributed by atoms with van der Waals surface area (Å²) in [7, 11) is 3.62. The van der Waals surface area contributed by atoms with Gasteiger partial charge in [-0.05, 0) is 38.5 Å². The fourth-order valence-electron chi connectivity index (χ4n) is 3.11. The van der Waals surface area contributed by atoms with Crippen molar-refractivity contribution in [2.75, 3.05) is 20.7 Å². The zero-order valence-electron chi connectivity index (χ0n) is 14.9. The molecule has 1 heterocycles. The fourth-order valence-corrected chi connectivity index (χ4v) is 3.11. The van der Waals surface area contributed by atoms with E-state index in [-0.39, 0.29) is 11.6 Å². The molecule has 0 saturated carbocycles. The van der Waals surface area contributed by atoms with Crippen molar-refractivity contribution in [2.45, 2.75) is 27.3 Å². The summed E-state index contributed by atoms with van der Waals surface area (Å²) in [4.78, 5) is 28.4. The number of benzene rings is 1. The van der Waals surface area contributed by atoms with Crippen molar-refractivity contribution in [3.63, 3.8) is 0 Å². The number of carbonyl (C=O) groups excluding carboxylic acids is 2. The minimum Gasteiger partial charge on any atom is -0.497 e. The van der Waals surface area contributed by atoms with Crippen LogP contribution in [-0.2, 0) is 6.54 Å². The number of Topliss-reactive ketones (excluding diaryl/α,β-unsaturated/α-hetero) is 2. The van der Waals surface area contributed by atoms with Gasteiger partial charge in [0.1, 0.15) is 18.8 Å². The van der Waals surface area contributed by atoms with Gasteiger partial charge in [-0.2, -0.15) is 0 Å². The van der Waals surface area contributed by atoms with Crippen LogP contribution in [0.2, 0.25) is 0 Å². The van der Waals surface area contributed by atoms with E-state index in [1.165, 1.54) is 6.92 Å².